The van der Waals surface area contributed by atoms with Crippen molar-refractivity contribution in [2.45, 2.75) is 6.54 Å². The largest absolute Gasteiger partial charge is 0.368 e. The minimum Gasteiger partial charge on any atom is -0.368 e. The average Bonchev–Trinajstić information content (AvgIpc) is 2.21. The second kappa shape index (κ2) is 4.65. The van der Waals surface area contributed by atoms with Gasteiger partial charge in [0.05, 0.1) is 6.61 Å². The quantitative estimate of drug-likeness (QED) is 0.671. The molecule has 2 nitrogen and oxygen atoms in total. The first-order valence-electron chi connectivity index (χ1n) is 4.45. The molecule has 2 rings (SSSR count). The Morgan fingerprint density at radius 2 is 2.15 bits per heavy atom. The Labute approximate surface area is 83.0 Å². The molecule has 0 unspecified atom stereocenters. The van der Waals surface area contributed by atoms with Crippen molar-refractivity contribution in [3.05, 3.63) is 35.9 Å². The van der Waals surface area contributed by atoms with E-state index in [2.05, 4.69) is 34.6 Å². The Kier molecular flexibility index (Phi) is 3.24. The van der Waals surface area contributed by atoms with Gasteiger partial charge >= 0.3 is 0 Å². The van der Waals surface area contributed by atoms with Crippen molar-refractivity contribution in [1.82, 2.24) is 4.31 Å². The van der Waals surface area contributed by atoms with Crippen LogP contribution in [0.25, 0.3) is 0 Å². The highest BCUT2D eigenvalue weighted by molar-refractivity contribution is 7.96. The van der Waals surface area contributed by atoms with Crippen molar-refractivity contribution in [2.24, 2.45) is 0 Å². The summed E-state index contributed by atoms with van der Waals surface area (Å²) in [5, 5.41) is 0. The molecule has 0 atom stereocenters. The standard InChI is InChI=1S/C10H13NOS/c1-2-4-10(5-3-1)8-11-6-7-12-9-13-11/h1-5H,6-9H2. The highest BCUT2D eigenvalue weighted by atomic mass is 32.2. The monoisotopic (exact) mass is 195 g/mol. The van der Waals surface area contributed by atoms with Gasteiger partial charge in [0.1, 0.15) is 5.94 Å². The molecule has 1 aromatic carbocycles. The molecule has 0 spiro atoms. The van der Waals surface area contributed by atoms with Crippen LogP contribution in [0.1, 0.15) is 5.56 Å². The molecule has 0 radical (unpaired) electrons. The molecule has 1 fully saturated rings. The SMILES string of the molecule is c1ccc(CN2CCOCS2)cc1. The molecule has 0 saturated carbocycles. The van der Waals surface area contributed by atoms with Crippen LogP contribution in [0.2, 0.25) is 0 Å². The predicted molar refractivity (Wildman–Crippen MR) is 55.3 cm³/mol. The smallest absolute Gasteiger partial charge is 0.107 e. The van der Waals surface area contributed by atoms with Gasteiger partial charge in [-0.1, -0.05) is 30.3 Å². The zero-order chi connectivity index (χ0) is 8.93. The zero-order valence-electron chi connectivity index (χ0n) is 7.48. The summed E-state index contributed by atoms with van der Waals surface area (Å²) >= 11 is 1.77. The third-order valence-electron chi connectivity index (χ3n) is 2.01. The van der Waals surface area contributed by atoms with Gasteiger partial charge < -0.3 is 4.74 Å². The predicted octanol–water partition coefficient (Wildman–Crippen LogP) is 2.12. The van der Waals surface area contributed by atoms with E-state index < -0.39 is 0 Å². The van der Waals surface area contributed by atoms with Crippen LogP contribution in [0.5, 0.6) is 0 Å². The van der Waals surface area contributed by atoms with Gasteiger partial charge in [0.15, 0.2) is 0 Å². The van der Waals surface area contributed by atoms with Gasteiger partial charge in [-0.2, -0.15) is 0 Å². The van der Waals surface area contributed by atoms with E-state index in [1.165, 1.54) is 5.56 Å². The fourth-order valence-electron chi connectivity index (χ4n) is 1.31. The Morgan fingerprint density at radius 3 is 2.85 bits per heavy atom. The van der Waals surface area contributed by atoms with Crippen LogP contribution in [0.4, 0.5) is 0 Å². The van der Waals surface area contributed by atoms with Gasteiger partial charge in [-0.15, -0.1) is 0 Å². The van der Waals surface area contributed by atoms with E-state index in [1.54, 1.807) is 11.9 Å². The summed E-state index contributed by atoms with van der Waals surface area (Å²) in [5.74, 6) is 0.798. The summed E-state index contributed by atoms with van der Waals surface area (Å²) in [6, 6.07) is 10.5. The van der Waals surface area contributed by atoms with Gasteiger partial charge in [-0.3, -0.25) is 0 Å². The van der Waals surface area contributed by atoms with Crippen molar-refractivity contribution < 1.29 is 4.74 Å². The molecule has 3 heteroatoms. The van der Waals surface area contributed by atoms with Crippen LogP contribution in [-0.2, 0) is 11.3 Å². The number of hydrogen-bond acceptors (Lipinski definition) is 3. The number of benzene rings is 1. The van der Waals surface area contributed by atoms with E-state index in [9.17, 15) is 0 Å². The second-order valence-corrected chi connectivity index (χ2v) is 4.01. The van der Waals surface area contributed by atoms with Gasteiger partial charge in [0.25, 0.3) is 0 Å². The fraction of sp³-hybridized carbons (Fsp3) is 0.400. The first kappa shape index (κ1) is 9.06. The minimum atomic E-state index is 0.798. The normalized spacial score (nSPS) is 18.8. The molecule has 13 heavy (non-hydrogen) atoms. The molecule has 1 saturated heterocycles. The van der Waals surface area contributed by atoms with Crippen LogP contribution < -0.4 is 0 Å². The number of hydrogen-bond donors (Lipinski definition) is 0. The molecule has 70 valence electrons. The Balaban J connectivity index is 1.90. The number of ether oxygens (including phenoxy) is 1. The van der Waals surface area contributed by atoms with E-state index in [-0.39, 0.29) is 0 Å². The lowest BCUT2D eigenvalue weighted by Gasteiger charge is -2.25. The van der Waals surface area contributed by atoms with Crippen molar-refractivity contribution in [3.63, 3.8) is 0 Å². The van der Waals surface area contributed by atoms with Gasteiger partial charge in [0.2, 0.25) is 0 Å². The van der Waals surface area contributed by atoms with Crippen molar-refractivity contribution >= 4 is 11.9 Å². The van der Waals surface area contributed by atoms with Gasteiger partial charge in [0, 0.05) is 13.1 Å². The molecule has 1 heterocycles. The van der Waals surface area contributed by atoms with Crippen LogP contribution in [0.3, 0.4) is 0 Å². The molecule has 0 aromatic heterocycles. The minimum absolute atomic E-state index is 0.798. The maximum Gasteiger partial charge on any atom is 0.107 e. The summed E-state index contributed by atoms with van der Waals surface area (Å²) < 4.78 is 7.60. The van der Waals surface area contributed by atoms with Gasteiger partial charge in [-0.25, -0.2) is 4.31 Å². The molecule has 0 N–H and O–H groups in total. The lowest BCUT2D eigenvalue weighted by Crippen LogP contribution is -2.26. The van der Waals surface area contributed by atoms with Crippen LogP contribution in [0, 0.1) is 0 Å². The van der Waals surface area contributed by atoms with Crippen molar-refractivity contribution in [3.8, 4) is 0 Å². The number of nitrogens with zero attached hydrogens (tertiary/aromatic N) is 1. The maximum atomic E-state index is 5.26. The Morgan fingerprint density at radius 1 is 1.31 bits per heavy atom. The summed E-state index contributed by atoms with van der Waals surface area (Å²) in [6.07, 6.45) is 0. The number of rotatable bonds is 2. The lowest BCUT2D eigenvalue weighted by molar-refractivity contribution is 0.146. The summed E-state index contributed by atoms with van der Waals surface area (Å²) in [7, 11) is 0. The third kappa shape index (κ3) is 2.72. The molecule has 1 aromatic rings. The molecule has 0 aliphatic carbocycles. The Bertz CT molecular complexity index is 246. The van der Waals surface area contributed by atoms with Crippen LogP contribution >= 0.6 is 11.9 Å². The molecule has 1 aliphatic heterocycles. The van der Waals surface area contributed by atoms with Crippen molar-refractivity contribution in [1.29, 1.82) is 0 Å². The highest BCUT2D eigenvalue weighted by Gasteiger charge is 2.10. The first-order chi connectivity index (χ1) is 6.45. The van der Waals surface area contributed by atoms with Crippen LogP contribution in [-0.4, -0.2) is 23.4 Å². The summed E-state index contributed by atoms with van der Waals surface area (Å²) in [4.78, 5) is 0. The summed E-state index contributed by atoms with van der Waals surface area (Å²) in [6.45, 7) is 2.91. The van der Waals surface area contributed by atoms with Gasteiger partial charge in [-0.05, 0) is 17.5 Å². The summed E-state index contributed by atoms with van der Waals surface area (Å²) in [5.41, 5.74) is 1.37. The topological polar surface area (TPSA) is 12.5 Å². The van der Waals surface area contributed by atoms with Crippen molar-refractivity contribution in [2.75, 3.05) is 19.1 Å². The maximum absolute atomic E-state index is 5.26. The molecule has 0 amide bonds. The fourth-order valence-corrected chi connectivity index (χ4v) is 2.10. The molecule has 0 bridgehead atoms. The third-order valence-corrected chi connectivity index (χ3v) is 2.95. The average molecular weight is 195 g/mol. The highest BCUT2D eigenvalue weighted by Crippen LogP contribution is 2.17. The van der Waals surface area contributed by atoms with E-state index >= 15 is 0 Å². The van der Waals surface area contributed by atoms with Crippen LogP contribution in [0.15, 0.2) is 30.3 Å². The first-order valence-corrected chi connectivity index (χ1v) is 5.39. The molecule has 1 aliphatic rings. The van der Waals surface area contributed by atoms with E-state index in [0.717, 1.165) is 25.6 Å². The molecular formula is C10H13NOS. The Hall–Kier alpha value is -0.510. The second-order valence-electron chi connectivity index (χ2n) is 3.00. The molecular weight excluding hydrogens is 182 g/mol. The lowest BCUT2D eigenvalue weighted by atomic mass is 10.2. The zero-order valence-corrected chi connectivity index (χ0v) is 8.30. The van der Waals surface area contributed by atoms with E-state index in [4.69, 9.17) is 4.74 Å². The van der Waals surface area contributed by atoms with E-state index in [0.29, 0.717) is 0 Å². The van der Waals surface area contributed by atoms with E-state index in [1.807, 2.05) is 0 Å².